The van der Waals surface area contributed by atoms with E-state index in [1.165, 1.54) is 26.4 Å². The standard InChI is InChI=1S/C39H40N2O8/c1-47-34(48-2)24-14-23-32(38(45)46)40-35(42)33(41-36(43)30-21-12-13-22-31(30)37(41)44)25-26-49-39(27-15-6-3-7-16-27,28-17-8-4-9-18-28)29-19-10-5-11-20-29/h3-13,15-22,32-34H,14,23-26H2,1-2H3,(H,40,42)(H,45,46)/t32-,33-/m0/s1. The molecular formula is C39H40N2O8. The second kappa shape index (κ2) is 16.3. The predicted octanol–water partition coefficient (Wildman–Crippen LogP) is 5.41. The van der Waals surface area contributed by atoms with Crippen LogP contribution in [0.25, 0.3) is 0 Å². The van der Waals surface area contributed by atoms with Crippen LogP contribution in [0.15, 0.2) is 115 Å². The molecule has 1 aliphatic heterocycles. The van der Waals surface area contributed by atoms with E-state index in [2.05, 4.69) is 5.32 Å². The van der Waals surface area contributed by atoms with E-state index in [1.54, 1.807) is 12.1 Å². The summed E-state index contributed by atoms with van der Waals surface area (Å²) in [5.41, 5.74) is 1.76. The maximum Gasteiger partial charge on any atom is 0.326 e. The van der Waals surface area contributed by atoms with Crippen molar-refractivity contribution in [1.82, 2.24) is 10.2 Å². The number of carboxylic acid groups (broad SMARTS) is 1. The maximum absolute atomic E-state index is 14.0. The minimum Gasteiger partial charge on any atom is -0.480 e. The SMILES string of the molecule is COC(CCC[C@H](NC(=O)[C@H](CCOC(c1ccccc1)(c1ccccc1)c1ccccc1)N1C(=O)c2ccccc2C1=O)C(=O)O)OC. The fourth-order valence-corrected chi connectivity index (χ4v) is 6.31. The van der Waals surface area contributed by atoms with Gasteiger partial charge in [0.05, 0.1) is 17.7 Å². The first-order valence-electron chi connectivity index (χ1n) is 16.2. The average Bonchev–Trinajstić information content (AvgIpc) is 3.39. The number of nitrogens with zero attached hydrogens (tertiary/aromatic N) is 1. The zero-order valence-corrected chi connectivity index (χ0v) is 27.5. The van der Waals surface area contributed by atoms with Gasteiger partial charge in [-0.1, -0.05) is 103 Å². The molecular weight excluding hydrogens is 624 g/mol. The quantitative estimate of drug-likeness (QED) is 0.0871. The van der Waals surface area contributed by atoms with Crippen LogP contribution in [0.3, 0.4) is 0 Å². The molecule has 0 aromatic heterocycles. The summed E-state index contributed by atoms with van der Waals surface area (Å²) >= 11 is 0. The van der Waals surface area contributed by atoms with Crippen LogP contribution >= 0.6 is 0 Å². The second-order valence-corrected chi connectivity index (χ2v) is 11.7. The molecule has 10 nitrogen and oxygen atoms in total. The lowest BCUT2D eigenvalue weighted by Gasteiger charge is -2.37. The van der Waals surface area contributed by atoms with Crippen molar-refractivity contribution in [2.24, 2.45) is 0 Å². The number of ether oxygens (including phenoxy) is 3. The van der Waals surface area contributed by atoms with E-state index in [0.29, 0.717) is 12.8 Å². The number of rotatable bonds is 17. The van der Waals surface area contributed by atoms with Gasteiger partial charge in [-0.05, 0) is 48.1 Å². The van der Waals surface area contributed by atoms with Crippen molar-refractivity contribution in [2.75, 3.05) is 20.8 Å². The summed E-state index contributed by atoms with van der Waals surface area (Å²) in [4.78, 5) is 54.5. The van der Waals surface area contributed by atoms with Crippen LogP contribution in [-0.2, 0) is 29.4 Å². The lowest BCUT2D eigenvalue weighted by molar-refractivity contribution is -0.143. The van der Waals surface area contributed by atoms with Crippen molar-refractivity contribution < 1.29 is 38.5 Å². The molecule has 0 fully saturated rings. The Labute approximate surface area is 285 Å². The molecule has 0 unspecified atom stereocenters. The van der Waals surface area contributed by atoms with Crippen molar-refractivity contribution >= 4 is 23.7 Å². The molecule has 2 atom stereocenters. The van der Waals surface area contributed by atoms with E-state index < -0.39 is 47.7 Å². The van der Waals surface area contributed by atoms with Crippen molar-refractivity contribution in [1.29, 1.82) is 0 Å². The molecule has 4 aromatic carbocycles. The summed E-state index contributed by atoms with van der Waals surface area (Å²) in [6, 6.07) is 32.7. The third kappa shape index (κ3) is 7.62. The molecule has 10 heteroatoms. The zero-order chi connectivity index (χ0) is 34.8. The molecule has 0 saturated heterocycles. The van der Waals surface area contributed by atoms with Gasteiger partial charge in [-0.2, -0.15) is 0 Å². The molecule has 0 spiro atoms. The number of hydrogen-bond donors (Lipinski definition) is 2. The van der Waals surface area contributed by atoms with Gasteiger partial charge in [-0.15, -0.1) is 0 Å². The number of amides is 3. The van der Waals surface area contributed by atoms with Gasteiger partial charge in [0.15, 0.2) is 6.29 Å². The highest BCUT2D eigenvalue weighted by Crippen LogP contribution is 2.40. The number of hydrogen-bond acceptors (Lipinski definition) is 7. The van der Waals surface area contributed by atoms with Crippen molar-refractivity contribution in [3.05, 3.63) is 143 Å². The van der Waals surface area contributed by atoms with Crippen LogP contribution in [0.4, 0.5) is 0 Å². The summed E-state index contributed by atoms with van der Waals surface area (Å²) in [6.07, 6.45) is 0.232. The third-order valence-corrected chi connectivity index (χ3v) is 8.76. The monoisotopic (exact) mass is 664 g/mol. The van der Waals surface area contributed by atoms with Gasteiger partial charge in [0.2, 0.25) is 5.91 Å². The largest absolute Gasteiger partial charge is 0.480 e. The summed E-state index contributed by atoms with van der Waals surface area (Å²) < 4.78 is 17.3. The van der Waals surface area contributed by atoms with Gasteiger partial charge < -0.3 is 24.6 Å². The summed E-state index contributed by atoms with van der Waals surface area (Å²) in [6.45, 7) is -0.0781. The first kappa shape index (κ1) is 35.2. The highest BCUT2D eigenvalue weighted by atomic mass is 16.7. The van der Waals surface area contributed by atoms with Crippen LogP contribution in [0, 0.1) is 0 Å². The van der Waals surface area contributed by atoms with Crippen LogP contribution in [0.2, 0.25) is 0 Å². The smallest absolute Gasteiger partial charge is 0.326 e. The van der Waals surface area contributed by atoms with E-state index in [-0.39, 0.29) is 30.6 Å². The van der Waals surface area contributed by atoms with E-state index in [1.807, 2.05) is 91.0 Å². The molecule has 5 rings (SSSR count). The van der Waals surface area contributed by atoms with Gasteiger partial charge in [-0.25, -0.2) is 4.79 Å². The van der Waals surface area contributed by atoms with E-state index in [9.17, 15) is 24.3 Å². The lowest BCUT2D eigenvalue weighted by Crippen LogP contribution is -2.54. The fourth-order valence-electron chi connectivity index (χ4n) is 6.31. The predicted molar refractivity (Wildman–Crippen MR) is 182 cm³/mol. The van der Waals surface area contributed by atoms with Crippen molar-refractivity contribution in [3.8, 4) is 0 Å². The van der Waals surface area contributed by atoms with E-state index in [4.69, 9.17) is 14.2 Å². The molecule has 4 aromatic rings. The van der Waals surface area contributed by atoms with Crippen LogP contribution in [0.5, 0.6) is 0 Å². The van der Waals surface area contributed by atoms with E-state index in [0.717, 1.165) is 21.6 Å². The minimum atomic E-state index is -1.36. The number of carbonyl (C=O) groups excluding carboxylic acids is 3. The molecule has 0 saturated carbocycles. The van der Waals surface area contributed by atoms with Crippen LogP contribution < -0.4 is 5.32 Å². The van der Waals surface area contributed by atoms with Crippen LogP contribution in [0.1, 0.15) is 63.1 Å². The maximum atomic E-state index is 14.0. The van der Waals surface area contributed by atoms with Crippen molar-refractivity contribution in [2.45, 2.75) is 49.7 Å². The summed E-state index contributed by atoms with van der Waals surface area (Å²) in [7, 11) is 2.98. The summed E-state index contributed by atoms with van der Waals surface area (Å²) in [5.74, 6) is -3.27. The number of benzene rings is 4. The molecule has 49 heavy (non-hydrogen) atoms. The van der Waals surface area contributed by atoms with Gasteiger partial charge >= 0.3 is 5.97 Å². The number of methoxy groups -OCH3 is 2. The fraction of sp³-hybridized carbons (Fsp3) is 0.282. The Kier molecular flexibility index (Phi) is 11.7. The van der Waals surface area contributed by atoms with Crippen LogP contribution in [-0.4, -0.2) is 72.9 Å². The first-order chi connectivity index (χ1) is 23.8. The molecule has 2 N–H and O–H groups in total. The Balaban J connectivity index is 1.47. The molecule has 0 aliphatic carbocycles. The van der Waals surface area contributed by atoms with Gasteiger partial charge in [-0.3, -0.25) is 19.3 Å². The Morgan fingerprint density at radius 3 is 1.57 bits per heavy atom. The molecule has 1 aliphatic rings. The molecule has 1 heterocycles. The number of fused-ring (bicyclic) bond motifs is 1. The first-order valence-corrected chi connectivity index (χ1v) is 16.2. The van der Waals surface area contributed by atoms with Gasteiger partial charge in [0, 0.05) is 20.6 Å². The lowest BCUT2D eigenvalue weighted by atomic mass is 9.80. The minimum absolute atomic E-state index is 0.0781. The van der Waals surface area contributed by atoms with E-state index >= 15 is 0 Å². The zero-order valence-electron chi connectivity index (χ0n) is 27.5. The molecule has 0 radical (unpaired) electrons. The Morgan fingerprint density at radius 2 is 1.14 bits per heavy atom. The van der Waals surface area contributed by atoms with Gasteiger partial charge in [0.25, 0.3) is 11.8 Å². The van der Waals surface area contributed by atoms with Crippen molar-refractivity contribution in [3.63, 3.8) is 0 Å². The molecule has 254 valence electrons. The third-order valence-electron chi connectivity index (χ3n) is 8.76. The Morgan fingerprint density at radius 1 is 0.694 bits per heavy atom. The molecule has 3 amide bonds. The average molecular weight is 665 g/mol. The summed E-state index contributed by atoms with van der Waals surface area (Å²) in [5, 5.41) is 12.6. The number of carbonyl (C=O) groups is 4. The second-order valence-electron chi connectivity index (χ2n) is 11.7. The number of nitrogens with one attached hydrogen (secondary N) is 1. The highest BCUT2D eigenvalue weighted by Gasteiger charge is 2.44. The Bertz CT molecular complexity index is 1600. The topological polar surface area (TPSA) is 131 Å². The Hall–Kier alpha value is -5.16. The number of imide groups is 1. The number of aliphatic carboxylic acids is 1. The van der Waals surface area contributed by atoms with Gasteiger partial charge in [0.1, 0.15) is 17.7 Å². The number of carboxylic acids is 1. The highest BCUT2D eigenvalue weighted by molar-refractivity contribution is 6.22. The normalized spacial score (nSPS) is 14.1. The molecule has 0 bridgehead atoms.